The van der Waals surface area contributed by atoms with Crippen LogP contribution >= 0.6 is 0 Å². The molecule has 19 heavy (non-hydrogen) atoms. The Morgan fingerprint density at radius 2 is 1.84 bits per heavy atom. The van der Waals surface area contributed by atoms with Crippen molar-refractivity contribution >= 4 is 9.84 Å². The van der Waals surface area contributed by atoms with Gasteiger partial charge in [0.15, 0.2) is 9.84 Å². The van der Waals surface area contributed by atoms with E-state index < -0.39 is 9.84 Å². The molecule has 0 heterocycles. The Balaban J connectivity index is 2.62. The number of ether oxygens (including phenoxy) is 1. The number of rotatable bonds is 7. The maximum absolute atomic E-state index is 11.6. The van der Waals surface area contributed by atoms with Gasteiger partial charge in [0.05, 0.1) is 12.4 Å². The van der Waals surface area contributed by atoms with Gasteiger partial charge in [-0.15, -0.1) is 0 Å². The number of hydrogen-bond acceptors (Lipinski definition) is 4. The van der Waals surface area contributed by atoms with Crippen LogP contribution in [0.25, 0.3) is 0 Å². The van der Waals surface area contributed by atoms with Crippen LogP contribution in [0.5, 0.6) is 5.75 Å². The van der Waals surface area contributed by atoms with E-state index >= 15 is 0 Å². The molecule has 0 fully saturated rings. The lowest BCUT2D eigenvalue weighted by atomic mass is 10.0. The molecule has 5 heteroatoms. The lowest BCUT2D eigenvalue weighted by Crippen LogP contribution is -2.40. The summed E-state index contributed by atoms with van der Waals surface area (Å²) in [5, 5.41) is 2.72. The van der Waals surface area contributed by atoms with Gasteiger partial charge in [0.25, 0.3) is 0 Å². The molecule has 1 rings (SSSR count). The third kappa shape index (κ3) is 4.84. The van der Waals surface area contributed by atoms with Crippen molar-refractivity contribution in [1.29, 1.82) is 0 Å². The molecule has 0 aliphatic heterocycles. The number of hydrogen-bond donors (Lipinski definition) is 1. The molecule has 2 atom stereocenters. The summed E-state index contributed by atoms with van der Waals surface area (Å²) >= 11 is 0. The van der Waals surface area contributed by atoms with Crippen LogP contribution in [-0.2, 0) is 16.3 Å². The smallest absolute Gasteiger partial charge is 0.151 e. The molecule has 108 valence electrons. The Hall–Kier alpha value is -1.07. The number of methoxy groups -OCH3 is 1. The van der Waals surface area contributed by atoms with Crippen LogP contribution in [0.4, 0.5) is 0 Å². The minimum Gasteiger partial charge on any atom is -0.497 e. The average Bonchev–Trinajstić information content (AvgIpc) is 2.39. The van der Waals surface area contributed by atoms with Crippen LogP contribution in [0, 0.1) is 0 Å². The quantitative estimate of drug-likeness (QED) is 0.827. The third-order valence-corrected chi connectivity index (χ3v) is 5.20. The van der Waals surface area contributed by atoms with E-state index in [0.29, 0.717) is 0 Å². The Morgan fingerprint density at radius 3 is 2.26 bits per heavy atom. The van der Waals surface area contributed by atoms with Crippen LogP contribution in [0.15, 0.2) is 24.3 Å². The van der Waals surface area contributed by atoms with Gasteiger partial charge in [-0.05, 0) is 44.5 Å². The molecule has 1 N–H and O–H groups in total. The zero-order valence-electron chi connectivity index (χ0n) is 12.0. The van der Waals surface area contributed by atoms with Gasteiger partial charge in [-0.2, -0.15) is 0 Å². The highest BCUT2D eigenvalue weighted by atomic mass is 32.2. The molecule has 1 aromatic rings. The number of sulfone groups is 1. The first-order chi connectivity index (χ1) is 8.88. The number of nitrogens with one attached hydrogen (secondary N) is 1. The summed E-state index contributed by atoms with van der Waals surface area (Å²) in [5.74, 6) is 0.832. The minimum absolute atomic E-state index is 0.0305. The van der Waals surface area contributed by atoms with Crippen molar-refractivity contribution in [2.45, 2.75) is 31.1 Å². The van der Waals surface area contributed by atoms with Crippen LogP contribution in [0.1, 0.15) is 18.9 Å². The van der Waals surface area contributed by atoms with Crippen molar-refractivity contribution in [3.05, 3.63) is 29.8 Å². The van der Waals surface area contributed by atoms with Crippen molar-refractivity contribution in [2.24, 2.45) is 0 Å². The van der Waals surface area contributed by atoms with Crippen molar-refractivity contribution < 1.29 is 13.2 Å². The highest BCUT2D eigenvalue weighted by Crippen LogP contribution is 2.15. The first-order valence-electron chi connectivity index (χ1n) is 6.37. The molecular formula is C14H23NO3S. The Morgan fingerprint density at radius 1 is 1.26 bits per heavy atom. The summed E-state index contributed by atoms with van der Waals surface area (Å²) in [5.41, 5.74) is 1.18. The van der Waals surface area contributed by atoms with Gasteiger partial charge in [-0.25, -0.2) is 8.42 Å². The van der Waals surface area contributed by atoms with Crippen LogP contribution in [0.3, 0.4) is 0 Å². The molecule has 0 amide bonds. The molecule has 0 radical (unpaired) electrons. The van der Waals surface area contributed by atoms with E-state index in [1.165, 1.54) is 11.8 Å². The average molecular weight is 285 g/mol. The number of aryl methyl sites for hydroxylation is 1. The molecule has 0 aromatic heterocycles. The monoisotopic (exact) mass is 285 g/mol. The van der Waals surface area contributed by atoms with E-state index in [1.54, 1.807) is 21.1 Å². The normalized spacial score (nSPS) is 14.9. The van der Waals surface area contributed by atoms with Gasteiger partial charge in [0, 0.05) is 12.3 Å². The zero-order valence-corrected chi connectivity index (χ0v) is 12.8. The summed E-state index contributed by atoms with van der Waals surface area (Å²) in [6.45, 7) is 1.75. The fourth-order valence-corrected chi connectivity index (χ4v) is 2.90. The van der Waals surface area contributed by atoms with E-state index in [9.17, 15) is 8.42 Å². The van der Waals surface area contributed by atoms with E-state index in [0.717, 1.165) is 18.6 Å². The van der Waals surface area contributed by atoms with Crippen molar-refractivity contribution in [1.82, 2.24) is 5.32 Å². The minimum atomic E-state index is -3.01. The van der Waals surface area contributed by atoms with Gasteiger partial charge in [-0.3, -0.25) is 0 Å². The number of benzene rings is 1. The lowest BCUT2D eigenvalue weighted by Gasteiger charge is -2.22. The zero-order chi connectivity index (χ0) is 14.5. The molecule has 4 nitrogen and oxygen atoms in total. The fourth-order valence-electron chi connectivity index (χ4n) is 2.03. The molecular weight excluding hydrogens is 262 g/mol. The van der Waals surface area contributed by atoms with E-state index in [4.69, 9.17) is 4.74 Å². The summed E-state index contributed by atoms with van der Waals surface area (Å²) in [6, 6.07) is 7.83. The van der Waals surface area contributed by atoms with E-state index in [-0.39, 0.29) is 11.3 Å². The predicted octanol–water partition coefficient (Wildman–Crippen LogP) is 1.65. The van der Waals surface area contributed by atoms with E-state index in [1.807, 2.05) is 24.3 Å². The Kier molecular flexibility index (Phi) is 5.82. The second-order valence-corrected chi connectivity index (χ2v) is 7.22. The van der Waals surface area contributed by atoms with Gasteiger partial charge < -0.3 is 10.1 Å². The molecule has 0 saturated carbocycles. The van der Waals surface area contributed by atoms with Crippen LogP contribution in [0.2, 0.25) is 0 Å². The molecule has 2 unspecified atom stereocenters. The Bertz CT molecular complexity index is 482. The molecule has 0 saturated heterocycles. The van der Waals surface area contributed by atoms with Gasteiger partial charge >= 0.3 is 0 Å². The van der Waals surface area contributed by atoms with Crippen molar-refractivity contribution in [2.75, 3.05) is 20.4 Å². The van der Waals surface area contributed by atoms with Crippen LogP contribution in [-0.4, -0.2) is 40.1 Å². The molecule has 0 aliphatic carbocycles. The second kappa shape index (κ2) is 6.91. The highest BCUT2D eigenvalue weighted by molar-refractivity contribution is 7.91. The maximum Gasteiger partial charge on any atom is 0.151 e. The largest absolute Gasteiger partial charge is 0.497 e. The summed E-state index contributed by atoms with van der Waals surface area (Å²) in [4.78, 5) is 0. The SMILES string of the molecule is CNC(CCc1ccc(OC)cc1)C(C)S(C)(=O)=O. The van der Waals surface area contributed by atoms with Crippen LogP contribution < -0.4 is 10.1 Å². The third-order valence-electron chi connectivity index (χ3n) is 3.52. The van der Waals surface area contributed by atoms with Crippen molar-refractivity contribution in [3.8, 4) is 5.75 Å². The molecule has 0 bridgehead atoms. The van der Waals surface area contributed by atoms with Crippen molar-refractivity contribution in [3.63, 3.8) is 0 Å². The Labute approximate surface area is 116 Å². The topological polar surface area (TPSA) is 55.4 Å². The summed E-state index contributed by atoms with van der Waals surface area (Å²) in [7, 11) is 0.433. The first kappa shape index (κ1) is 16.0. The molecule has 1 aromatic carbocycles. The summed E-state index contributed by atoms with van der Waals surface area (Å²) in [6.07, 6.45) is 2.92. The van der Waals surface area contributed by atoms with Gasteiger partial charge in [0.1, 0.15) is 5.75 Å². The van der Waals surface area contributed by atoms with Gasteiger partial charge in [-0.1, -0.05) is 12.1 Å². The fraction of sp³-hybridized carbons (Fsp3) is 0.571. The first-order valence-corrected chi connectivity index (χ1v) is 8.33. The standard InChI is InChI=1S/C14H23NO3S/c1-11(19(4,16)17)14(15-2)10-7-12-5-8-13(18-3)9-6-12/h5-6,8-9,11,14-15H,7,10H2,1-4H3. The van der Waals surface area contributed by atoms with Gasteiger partial charge in [0.2, 0.25) is 0 Å². The highest BCUT2D eigenvalue weighted by Gasteiger charge is 2.24. The van der Waals surface area contributed by atoms with E-state index in [2.05, 4.69) is 5.32 Å². The summed E-state index contributed by atoms with van der Waals surface area (Å²) < 4.78 is 28.2. The predicted molar refractivity (Wildman–Crippen MR) is 78.5 cm³/mol. The second-order valence-electron chi connectivity index (χ2n) is 4.82. The lowest BCUT2D eigenvalue weighted by molar-refractivity contribution is 0.414. The molecule has 0 aliphatic rings. The maximum atomic E-state index is 11.6. The molecule has 0 spiro atoms.